The van der Waals surface area contributed by atoms with E-state index in [1.807, 2.05) is 24.3 Å². The molecule has 1 heterocycles. The van der Waals surface area contributed by atoms with Crippen molar-refractivity contribution in [2.75, 3.05) is 26.7 Å². The quantitative estimate of drug-likeness (QED) is 0.621. The molecule has 1 aromatic rings. The van der Waals surface area contributed by atoms with Crippen LogP contribution in [0.5, 0.6) is 5.75 Å². The van der Waals surface area contributed by atoms with E-state index in [0.717, 1.165) is 30.8 Å². The molecular weight excluding hydrogens is 288 g/mol. The van der Waals surface area contributed by atoms with Gasteiger partial charge in [0.15, 0.2) is 0 Å². The first kappa shape index (κ1) is 17.5. The number of carbonyl (C=O) groups is 1. The fourth-order valence-corrected chi connectivity index (χ4v) is 3.01. The highest BCUT2D eigenvalue weighted by molar-refractivity contribution is 5.92. The van der Waals surface area contributed by atoms with Crippen LogP contribution in [0.2, 0.25) is 0 Å². The van der Waals surface area contributed by atoms with Crippen molar-refractivity contribution in [2.45, 2.75) is 38.6 Å². The van der Waals surface area contributed by atoms with Gasteiger partial charge in [0.1, 0.15) is 5.75 Å². The van der Waals surface area contributed by atoms with E-state index in [1.54, 1.807) is 19.3 Å². The number of rotatable bonds is 7. The Bertz CT molecular complexity index is 528. The van der Waals surface area contributed by atoms with Crippen molar-refractivity contribution in [1.29, 1.82) is 0 Å². The predicted molar refractivity (Wildman–Crippen MR) is 94.5 cm³/mol. The van der Waals surface area contributed by atoms with Crippen LogP contribution < -0.4 is 10.1 Å². The van der Waals surface area contributed by atoms with Crippen molar-refractivity contribution < 1.29 is 9.53 Å². The van der Waals surface area contributed by atoms with E-state index in [9.17, 15) is 4.79 Å². The molecule has 0 aliphatic carbocycles. The number of hydrogen-bond acceptors (Lipinski definition) is 3. The normalized spacial score (nSPS) is 19.0. The van der Waals surface area contributed by atoms with Gasteiger partial charge >= 0.3 is 0 Å². The summed E-state index contributed by atoms with van der Waals surface area (Å²) in [5, 5.41) is 2.95. The maximum atomic E-state index is 11.9. The van der Waals surface area contributed by atoms with E-state index in [4.69, 9.17) is 4.74 Å². The van der Waals surface area contributed by atoms with Crippen molar-refractivity contribution in [2.24, 2.45) is 0 Å². The van der Waals surface area contributed by atoms with Gasteiger partial charge in [-0.1, -0.05) is 24.6 Å². The molecule has 0 unspecified atom stereocenters. The van der Waals surface area contributed by atoms with Crippen LogP contribution in [-0.2, 0) is 4.79 Å². The van der Waals surface area contributed by atoms with Crippen molar-refractivity contribution in [1.82, 2.24) is 10.2 Å². The second-order valence-corrected chi connectivity index (χ2v) is 6.10. The van der Waals surface area contributed by atoms with Crippen molar-refractivity contribution in [3.63, 3.8) is 0 Å². The first-order valence-electron chi connectivity index (χ1n) is 8.53. The van der Waals surface area contributed by atoms with E-state index in [1.165, 1.54) is 25.8 Å². The minimum Gasteiger partial charge on any atom is -0.496 e. The summed E-state index contributed by atoms with van der Waals surface area (Å²) in [6.45, 7) is 5.28. The summed E-state index contributed by atoms with van der Waals surface area (Å²) in [4.78, 5) is 14.4. The second kappa shape index (κ2) is 9.36. The van der Waals surface area contributed by atoms with Gasteiger partial charge in [-0.3, -0.25) is 4.79 Å². The Balaban J connectivity index is 1.69. The number of carbonyl (C=O) groups excluding carboxylic acids is 1. The second-order valence-electron chi connectivity index (χ2n) is 6.10. The molecule has 1 amide bonds. The fraction of sp³-hybridized carbons (Fsp3) is 0.526. The van der Waals surface area contributed by atoms with Gasteiger partial charge in [0, 0.05) is 30.8 Å². The Labute approximate surface area is 139 Å². The molecule has 0 bridgehead atoms. The lowest BCUT2D eigenvalue weighted by molar-refractivity contribution is -0.116. The third-order valence-electron chi connectivity index (χ3n) is 4.42. The molecule has 1 aliphatic rings. The number of hydrogen-bond donors (Lipinski definition) is 1. The molecule has 1 aliphatic heterocycles. The molecule has 1 fully saturated rings. The highest BCUT2D eigenvalue weighted by Crippen LogP contribution is 2.18. The maximum absolute atomic E-state index is 11.9. The largest absolute Gasteiger partial charge is 0.496 e. The van der Waals surface area contributed by atoms with Gasteiger partial charge in [0.05, 0.1) is 7.11 Å². The van der Waals surface area contributed by atoms with Gasteiger partial charge in [-0.15, -0.1) is 0 Å². The van der Waals surface area contributed by atoms with Crippen molar-refractivity contribution in [3.8, 4) is 5.75 Å². The van der Waals surface area contributed by atoms with Crippen LogP contribution >= 0.6 is 0 Å². The topological polar surface area (TPSA) is 41.6 Å². The molecule has 0 saturated carbocycles. The van der Waals surface area contributed by atoms with E-state index in [-0.39, 0.29) is 5.91 Å². The van der Waals surface area contributed by atoms with Crippen molar-refractivity contribution >= 4 is 12.0 Å². The lowest BCUT2D eigenvalue weighted by Gasteiger charge is -2.33. The lowest BCUT2D eigenvalue weighted by Crippen LogP contribution is -2.39. The number of nitrogens with zero attached hydrogens (tertiary/aromatic N) is 1. The molecule has 0 radical (unpaired) electrons. The Morgan fingerprint density at radius 2 is 2.22 bits per heavy atom. The van der Waals surface area contributed by atoms with E-state index in [0.29, 0.717) is 6.04 Å². The van der Waals surface area contributed by atoms with Gasteiger partial charge in [-0.2, -0.15) is 0 Å². The Hall–Kier alpha value is -1.81. The third kappa shape index (κ3) is 5.71. The van der Waals surface area contributed by atoms with Crippen LogP contribution in [-0.4, -0.2) is 43.6 Å². The molecule has 4 heteroatoms. The van der Waals surface area contributed by atoms with Crippen LogP contribution in [0.15, 0.2) is 30.3 Å². The van der Waals surface area contributed by atoms with Gasteiger partial charge in [-0.25, -0.2) is 0 Å². The molecule has 0 aromatic heterocycles. The molecule has 0 spiro atoms. The molecule has 126 valence electrons. The number of methoxy groups -OCH3 is 1. The number of amides is 1. The van der Waals surface area contributed by atoms with Gasteiger partial charge < -0.3 is 15.0 Å². The first-order valence-corrected chi connectivity index (χ1v) is 8.53. The number of ether oxygens (including phenoxy) is 1. The molecule has 1 aromatic carbocycles. The van der Waals surface area contributed by atoms with Gasteiger partial charge in [0.2, 0.25) is 5.91 Å². The Morgan fingerprint density at radius 1 is 1.39 bits per heavy atom. The summed E-state index contributed by atoms with van der Waals surface area (Å²) in [5.41, 5.74) is 0.910. The minimum absolute atomic E-state index is 0.0531. The van der Waals surface area contributed by atoms with Gasteiger partial charge in [0.25, 0.3) is 0 Å². The number of nitrogens with one attached hydrogen (secondary N) is 1. The van der Waals surface area contributed by atoms with Crippen LogP contribution in [0.1, 0.15) is 38.2 Å². The van der Waals surface area contributed by atoms with Crippen LogP contribution in [0, 0.1) is 0 Å². The molecule has 1 N–H and O–H groups in total. The molecule has 23 heavy (non-hydrogen) atoms. The average molecular weight is 316 g/mol. The van der Waals surface area contributed by atoms with Gasteiger partial charge in [-0.05, 0) is 44.9 Å². The molecule has 1 atom stereocenters. The predicted octanol–water partition coefficient (Wildman–Crippen LogP) is 3.09. The zero-order valence-electron chi connectivity index (χ0n) is 14.3. The average Bonchev–Trinajstić information content (AvgIpc) is 2.58. The van der Waals surface area contributed by atoms with E-state index >= 15 is 0 Å². The lowest BCUT2D eigenvalue weighted by atomic mass is 10.0. The fourth-order valence-electron chi connectivity index (χ4n) is 3.01. The molecule has 1 saturated heterocycles. The van der Waals surface area contributed by atoms with Crippen LogP contribution in [0.3, 0.4) is 0 Å². The number of para-hydroxylation sites is 1. The number of likely N-dealkylation sites (tertiary alicyclic amines) is 1. The molecular formula is C19H28N2O2. The van der Waals surface area contributed by atoms with Crippen molar-refractivity contribution in [3.05, 3.63) is 35.9 Å². The standard InChI is InChI=1S/C19H28N2O2/c1-16-8-5-6-14-21(16)15-7-13-20-19(22)12-11-17-9-3-4-10-18(17)23-2/h3-4,9-12,16H,5-8,13-15H2,1-2H3,(H,20,22)/b12-11+/t16-/m1/s1. The van der Waals surface area contributed by atoms with Crippen LogP contribution in [0.25, 0.3) is 6.08 Å². The summed E-state index contributed by atoms with van der Waals surface area (Å²) in [6.07, 6.45) is 8.31. The SMILES string of the molecule is COc1ccccc1/C=C/C(=O)NCCCN1CCCC[C@H]1C. The highest BCUT2D eigenvalue weighted by Gasteiger charge is 2.16. The smallest absolute Gasteiger partial charge is 0.244 e. The summed E-state index contributed by atoms with van der Waals surface area (Å²) in [6, 6.07) is 8.35. The monoisotopic (exact) mass is 316 g/mol. The summed E-state index contributed by atoms with van der Waals surface area (Å²) in [5.74, 6) is 0.721. The van der Waals surface area contributed by atoms with E-state index in [2.05, 4.69) is 17.1 Å². The Kier molecular flexibility index (Phi) is 7.14. The van der Waals surface area contributed by atoms with E-state index < -0.39 is 0 Å². The highest BCUT2D eigenvalue weighted by atomic mass is 16.5. The third-order valence-corrected chi connectivity index (χ3v) is 4.42. The molecule has 4 nitrogen and oxygen atoms in total. The number of benzene rings is 1. The zero-order valence-corrected chi connectivity index (χ0v) is 14.3. The Morgan fingerprint density at radius 3 is 3.00 bits per heavy atom. The zero-order chi connectivity index (χ0) is 16.5. The van der Waals surface area contributed by atoms with Crippen LogP contribution in [0.4, 0.5) is 0 Å². The maximum Gasteiger partial charge on any atom is 0.244 e. The summed E-state index contributed by atoms with van der Waals surface area (Å²) in [7, 11) is 1.63. The first-order chi connectivity index (χ1) is 11.2. The molecule has 2 rings (SSSR count). The number of piperidine rings is 1. The summed E-state index contributed by atoms with van der Waals surface area (Å²) < 4.78 is 5.26. The summed E-state index contributed by atoms with van der Waals surface area (Å²) >= 11 is 0. The minimum atomic E-state index is -0.0531.